The highest BCUT2D eigenvalue weighted by atomic mass is 19.1. The van der Waals surface area contributed by atoms with E-state index in [2.05, 4.69) is 27.7 Å². The third-order valence-corrected chi connectivity index (χ3v) is 9.48. The Kier molecular flexibility index (Phi) is 10.5. The van der Waals surface area contributed by atoms with Crippen LogP contribution >= 0.6 is 0 Å². The zero-order valence-corrected chi connectivity index (χ0v) is 30.6. The van der Waals surface area contributed by atoms with Crippen LogP contribution in [0, 0.1) is 99.0 Å². The first-order chi connectivity index (χ1) is 29.0. The van der Waals surface area contributed by atoms with E-state index in [1.807, 2.05) is 42.5 Å². The summed E-state index contributed by atoms with van der Waals surface area (Å²) < 4.78 is 34.9. The van der Waals surface area contributed by atoms with Gasteiger partial charge in [-0.05, 0) is 75.4 Å². The minimum atomic E-state index is -1.24. The maximum absolute atomic E-state index is 17.5. The molecule has 0 aliphatic heterocycles. The summed E-state index contributed by atoms with van der Waals surface area (Å²) in [7, 11) is 0. The normalized spacial score (nSPS) is 13.7. The fourth-order valence-corrected chi connectivity index (χ4v) is 7.04. The molecule has 0 fully saturated rings. The van der Waals surface area contributed by atoms with E-state index >= 15 is 8.78 Å². The molecule has 0 unspecified atom stereocenters. The van der Waals surface area contributed by atoms with E-state index in [0.29, 0.717) is 0 Å². The van der Waals surface area contributed by atoms with Crippen molar-refractivity contribution in [2.45, 2.75) is 0 Å². The number of allylic oxidation sites excluding steroid dienone is 11. The summed E-state index contributed by atoms with van der Waals surface area (Å²) in [6.07, 6.45) is 2.53. The van der Waals surface area contributed by atoms with E-state index < -0.39 is 45.2 Å². The molecule has 0 spiro atoms. The van der Waals surface area contributed by atoms with Crippen LogP contribution in [0.5, 0.6) is 0 Å². The van der Waals surface area contributed by atoms with Gasteiger partial charge in [-0.15, -0.1) is 0 Å². The Morgan fingerprint density at radius 3 is 1.57 bits per heavy atom. The van der Waals surface area contributed by atoms with Gasteiger partial charge < -0.3 is 0 Å². The molecular weight excluding hydrogens is 755 g/mol. The molecule has 0 radical (unpaired) electrons. The lowest BCUT2D eigenvalue weighted by Crippen LogP contribution is -2.06. The van der Waals surface area contributed by atoms with Gasteiger partial charge in [-0.2, -0.15) is 36.8 Å². The Morgan fingerprint density at radius 2 is 1.08 bits per heavy atom. The topological polar surface area (TPSA) is 180 Å². The van der Waals surface area contributed by atoms with Crippen LogP contribution in [0.3, 0.4) is 0 Å². The second kappa shape index (κ2) is 15.9. The number of halogens is 2. The van der Waals surface area contributed by atoms with Crippen LogP contribution in [-0.2, 0) is 0 Å². The fourth-order valence-electron chi connectivity index (χ4n) is 7.04. The zero-order valence-electron chi connectivity index (χ0n) is 30.6. The number of rotatable bonds is 6. The number of nitrogens with zero attached hydrogens (tertiary/aromatic N) is 10. The smallest absolute Gasteiger partial charge is 0.231 e. The van der Waals surface area contributed by atoms with E-state index in [-0.39, 0.29) is 89.3 Å². The highest BCUT2D eigenvalue weighted by molar-refractivity contribution is 6.24. The van der Waals surface area contributed by atoms with Gasteiger partial charge in [0.15, 0.2) is 17.2 Å². The van der Waals surface area contributed by atoms with E-state index in [0.717, 1.165) is 0 Å². The van der Waals surface area contributed by atoms with Gasteiger partial charge >= 0.3 is 0 Å². The van der Waals surface area contributed by atoms with Gasteiger partial charge in [0.05, 0.1) is 77.4 Å². The van der Waals surface area contributed by atoms with Gasteiger partial charge in [0, 0.05) is 33.4 Å². The summed E-state index contributed by atoms with van der Waals surface area (Å²) in [5.74, 6) is -2.48. The zero-order chi connectivity index (χ0) is 43.4. The summed E-state index contributed by atoms with van der Waals surface area (Å²) in [4.78, 5) is 10.3. The van der Waals surface area contributed by atoms with Crippen LogP contribution in [0.15, 0.2) is 103 Å². The van der Waals surface area contributed by atoms with Crippen molar-refractivity contribution in [1.82, 2.24) is 0 Å². The lowest BCUT2D eigenvalue weighted by molar-refractivity contribution is 0.682. The molecule has 4 aromatic rings. The van der Waals surface area contributed by atoms with Crippen molar-refractivity contribution in [3.05, 3.63) is 193 Å². The first-order valence-electron chi connectivity index (χ1n) is 16.9. The van der Waals surface area contributed by atoms with Crippen molar-refractivity contribution < 1.29 is 8.78 Å². The molecule has 272 valence electrons. The second-order valence-electron chi connectivity index (χ2n) is 12.7. The fraction of sp³-hybridized carbons (Fsp3) is 0. The Balaban J connectivity index is 2.00. The predicted octanol–water partition coefficient (Wildman–Crippen LogP) is 11.4. The monoisotopic (exact) mass is 770 g/mol. The molecule has 6 rings (SSSR count). The molecular formula is C48H16F2N10. The average Bonchev–Trinajstić information content (AvgIpc) is 3.73. The lowest BCUT2D eigenvalue weighted by Gasteiger charge is -2.24. The van der Waals surface area contributed by atoms with Crippen LogP contribution in [0.4, 0.5) is 20.2 Å². The minimum absolute atomic E-state index is 0.0593. The molecule has 2 aliphatic carbocycles. The molecule has 0 bridgehead atoms. The average molecular weight is 771 g/mol. The highest BCUT2D eigenvalue weighted by Crippen LogP contribution is 2.60. The van der Waals surface area contributed by atoms with Crippen LogP contribution in [-0.4, -0.2) is 0 Å². The van der Waals surface area contributed by atoms with E-state index in [9.17, 15) is 36.8 Å². The van der Waals surface area contributed by atoms with E-state index in [1.165, 1.54) is 72.8 Å². The summed E-state index contributed by atoms with van der Waals surface area (Å²) in [5.41, 5.74) is -4.73. The maximum Gasteiger partial charge on any atom is 0.231 e. The largest absolute Gasteiger partial charge is 0.239 e. The van der Waals surface area contributed by atoms with E-state index in [1.54, 1.807) is 0 Å². The molecule has 0 amide bonds. The lowest BCUT2D eigenvalue weighted by atomic mass is 9.78. The second-order valence-corrected chi connectivity index (χ2v) is 12.7. The van der Waals surface area contributed by atoms with Crippen molar-refractivity contribution in [1.29, 1.82) is 36.8 Å². The van der Waals surface area contributed by atoms with Gasteiger partial charge in [-0.3, -0.25) is 0 Å². The first kappa shape index (κ1) is 39.5. The number of fused-ring (bicyclic) bond motifs is 2. The van der Waals surface area contributed by atoms with E-state index in [4.69, 9.17) is 19.7 Å². The third-order valence-electron chi connectivity index (χ3n) is 9.48. The van der Waals surface area contributed by atoms with Gasteiger partial charge in [0.1, 0.15) is 24.0 Å². The number of hydrogen-bond donors (Lipinski definition) is 0. The van der Waals surface area contributed by atoms with Crippen molar-refractivity contribution in [2.24, 2.45) is 0 Å². The molecule has 12 heteroatoms. The van der Waals surface area contributed by atoms with Crippen molar-refractivity contribution in [3.63, 3.8) is 0 Å². The third kappa shape index (κ3) is 6.32. The van der Waals surface area contributed by atoms with Gasteiger partial charge in [0.25, 0.3) is 0 Å². The van der Waals surface area contributed by atoms with Crippen LogP contribution in [0.2, 0.25) is 0 Å². The molecule has 0 saturated carbocycles. The predicted molar refractivity (Wildman–Crippen MR) is 217 cm³/mol. The molecule has 2 aliphatic rings. The Bertz CT molecular complexity index is 3120. The SMILES string of the molecule is [C-]#[N+]C1=C(F)/C(=C(/C#N)c2cc([N+]#[C-])cc([N+]#[C-])c2)c2c1c(C(=C)/C=C\C(=C)C#N)c1c(c2-c2ccc(C#N)cc2)/C(=C(\C#N)c2cc(C#N)cc(C#N)c2)C(F)=C1C#N. The summed E-state index contributed by atoms with van der Waals surface area (Å²) in [6.45, 7) is 31.2. The van der Waals surface area contributed by atoms with Gasteiger partial charge in [-0.1, -0.05) is 49.6 Å². The summed E-state index contributed by atoms with van der Waals surface area (Å²) in [6, 6.07) is 26.6. The number of nitriles is 7. The van der Waals surface area contributed by atoms with Crippen molar-refractivity contribution >= 4 is 50.5 Å². The quantitative estimate of drug-likeness (QED) is 0.106. The van der Waals surface area contributed by atoms with Crippen LogP contribution < -0.4 is 0 Å². The minimum Gasteiger partial charge on any atom is -0.239 e. The number of benzene rings is 4. The van der Waals surface area contributed by atoms with Crippen molar-refractivity contribution in [2.75, 3.05) is 0 Å². The molecule has 0 atom stereocenters. The Hall–Kier alpha value is -10.2. The first-order valence-corrected chi connectivity index (χ1v) is 16.9. The van der Waals surface area contributed by atoms with Crippen LogP contribution in [0.1, 0.15) is 55.6 Å². The Labute approximate surface area is 341 Å². The number of hydrogen-bond acceptors (Lipinski definition) is 7. The highest BCUT2D eigenvalue weighted by Gasteiger charge is 2.44. The Morgan fingerprint density at radius 1 is 0.550 bits per heavy atom. The molecule has 0 N–H and O–H groups in total. The molecule has 10 nitrogen and oxygen atoms in total. The summed E-state index contributed by atoms with van der Waals surface area (Å²) in [5, 5.41) is 71.1. The van der Waals surface area contributed by atoms with Crippen molar-refractivity contribution in [3.8, 4) is 53.6 Å². The van der Waals surface area contributed by atoms with Crippen LogP contribution in [0.25, 0.3) is 64.8 Å². The molecule has 0 saturated heterocycles. The summed E-state index contributed by atoms with van der Waals surface area (Å²) >= 11 is 0. The van der Waals surface area contributed by atoms with Gasteiger partial charge in [0.2, 0.25) is 5.70 Å². The molecule has 4 aromatic carbocycles. The molecule has 0 heterocycles. The maximum atomic E-state index is 17.5. The molecule has 0 aromatic heterocycles. The van der Waals surface area contributed by atoms with Gasteiger partial charge in [-0.25, -0.2) is 23.3 Å². The molecule has 60 heavy (non-hydrogen) atoms. The standard InChI is InChI=1S/C48H16F2N10/c1-25(18-51)6-7-26(2)38-40-37(24-57)46(49)41(35(22-55)31-13-28(20-53)12-29(14-31)21-54)43(40)39(30-10-8-27(19-52)9-11-30)44-42(47(50)48(60-5)45(38)44)36(23-56)32-15-33(58-3)17-34(16-32)59-4/h6-17H,1-2H2/b7-6-,41-35-,42-36-.